The number of nitrogens with one attached hydrogen (secondary N) is 1. The van der Waals surface area contributed by atoms with Crippen molar-refractivity contribution in [2.24, 2.45) is 33.7 Å². The molecule has 3 unspecified atom stereocenters. The van der Waals surface area contributed by atoms with Gasteiger partial charge in [0.15, 0.2) is 0 Å². The highest BCUT2D eigenvalue weighted by molar-refractivity contribution is 5.92. The first-order chi connectivity index (χ1) is 10.9. The van der Waals surface area contributed by atoms with Gasteiger partial charge in [-0.15, -0.1) is 0 Å². The van der Waals surface area contributed by atoms with Crippen LogP contribution in [0.5, 0.6) is 0 Å². The third kappa shape index (κ3) is 1.89. The summed E-state index contributed by atoms with van der Waals surface area (Å²) < 4.78 is 0. The van der Waals surface area contributed by atoms with Gasteiger partial charge in [0.05, 0.1) is 11.8 Å². The third-order valence-electron chi connectivity index (χ3n) is 7.41. The van der Waals surface area contributed by atoms with Crippen molar-refractivity contribution in [3.05, 3.63) is 11.8 Å². The van der Waals surface area contributed by atoms with Crippen LogP contribution < -0.4 is 5.32 Å². The molecule has 0 spiro atoms. The van der Waals surface area contributed by atoms with Crippen molar-refractivity contribution in [3.8, 4) is 0 Å². The lowest BCUT2D eigenvalue weighted by Crippen LogP contribution is -2.58. The average Bonchev–Trinajstić information content (AvgIpc) is 2.83. The number of piperidine rings is 1. The molecule has 5 nitrogen and oxygen atoms in total. The second-order valence-electron chi connectivity index (χ2n) is 8.39. The summed E-state index contributed by atoms with van der Waals surface area (Å²) >= 11 is 0. The molecule has 3 N–H and O–H groups in total. The Labute approximate surface area is 136 Å². The molecule has 0 aromatic rings. The first-order valence-electron chi connectivity index (χ1n) is 8.80. The molecule has 0 radical (unpaired) electrons. The number of fused-ring (bicyclic) bond motifs is 5. The minimum absolute atomic E-state index is 0.0953. The molecule has 1 saturated heterocycles. The highest BCUT2D eigenvalue weighted by Gasteiger charge is 2.61. The van der Waals surface area contributed by atoms with E-state index in [2.05, 4.69) is 30.4 Å². The molecular formula is C18H26N2O3. The van der Waals surface area contributed by atoms with E-state index < -0.39 is 6.10 Å². The predicted octanol–water partition coefficient (Wildman–Crippen LogP) is 2.43. The van der Waals surface area contributed by atoms with Gasteiger partial charge in [0.1, 0.15) is 0 Å². The van der Waals surface area contributed by atoms with E-state index in [1.165, 1.54) is 0 Å². The second kappa shape index (κ2) is 4.82. The second-order valence-corrected chi connectivity index (χ2v) is 8.39. The molecule has 5 heteroatoms. The van der Waals surface area contributed by atoms with Gasteiger partial charge in [-0.2, -0.15) is 0 Å². The first kappa shape index (κ1) is 15.2. The minimum Gasteiger partial charge on any atom is -0.411 e. The summed E-state index contributed by atoms with van der Waals surface area (Å²) in [6.45, 7) is 4.36. The van der Waals surface area contributed by atoms with E-state index in [9.17, 15) is 15.1 Å². The van der Waals surface area contributed by atoms with Crippen molar-refractivity contribution in [1.29, 1.82) is 0 Å². The van der Waals surface area contributed by atoms with Gasteiger partial charge < -0.3 is 15.6 Å². The van der Waals surface area contributed by atoms with Gasteiger partial charge in [-0.25, -0.2) is 0 Å². The monoisotopic (exact) mass is 318 g/mol. The number of carbonyl (C=O) groups excluding carboxylic acids is 1. The van der Waals surface area contributed by atoms with Gasteiger partial charge >= 0.3 is 0 Å². The van der Waals surface area contributed by atoms with E-state index in [4.69, 9.17) is 0 Å². The van der Waals surface area contributed by atoms with Gasteiger partial charge in [-0.05, 0) is 49.9 Å². The molecule has 126 valence electrons. The van der Waals surface area contributed by atoms with Crippen LogP contribution in [0.1, 0.15) is 52.4 Å². The van der Waals surface area contributed by atoms with Crippen LogP contribution in [0.25, 0.3) is 0 Å². The number of aliphatic hydroxyl groups is 1. The van der Waals surface area contributed by atoms with Gasteiger partial charge in [-0.3, -0.25) is 4.79 Å². The first-order valence-corrected chi connectivity index (χ1v) is 8.80. The number of allylic oxidation sites excluding steroid dienone is 2. The minimum atomic E-state index is -0.417. The summed E-state index contributed by atoms with van der Waals surface area (Å²) in [6.07, 6.45) is 6.54. The van der Waals surface area contributed by atoms with Crippen LogP contribution in [0.2, 0.25) is 0 Å². The molecule has 23 heavy (non-hydrogen) atoms. The van der Waals surface area contributed by atoms with E-state index in [1.54, 1.807) is 0 Å². The van der Waals surface area contributed by atoms with Gasteiger partial charge in [0.2, 0.25) is 5.91 Å². The number of amides is 1. The van der Waals surface area contributed by atoms with E-state index >= 15 is 0 Å². The van der Waals surface area contributed by atoms with Crippen LogP contribution in [0.4, 0.5) is 0 Å². The molecule has 0 aromatic heterocycles. The van der Waals surface area contributed by atoms with Crippen LogP contribution in [-0.2, 0) is 4.79 Å². The number of hydrogen-bond acceptors (Lipinski definition) is 4. The zero-order chi connectivity index (χ0) is 16.4. The summed E-state index contributed by atoms with van der Waals surface area (Å²) in [4.78, 5) is 11.8. The van der Waals surface area contributed by atoms with Crippen LogP contribution in [-0.4, -0.2) is 28.0 Å². The van der Waals surface area contributed by atoms with Crippen molar-refractivity contribution in [2.45, 2.75) is 58.5 Å². The Balaban J connectivity index is 1.75. The zero-order valence-corrected chi connectivity index (χ0v) is 13.9. The average molecular weight is 318 g/mol. The maximum Gasteiger partial charge on any atom is 0.224 e. The standard InChI is InChI=1S/C18H26N2O3/c1-17-8-7-15(22)19-13(17)5-3-10-11-4-6-14(20-23)18(11,2)9-12(21)16(10)17/h5,10-12,16,21,23H,3-4,6-9H2,1-2H3,(H,19,22)/t10?,11?,12-,16?,17-,18-/m0/s1. The summed E-state index contributed by atoms with van der Waals surface area (Å²) in [7, 11) is 0. The number of rotatable bonds is 0. The Kier molecular flexibility index (Phi) is 3.18. The van der Waals surface area contributed by atoms with Gasteiger partial charge in [0.25, 0.3) is 0 Å². The normalized spacial score (nSPS) is 50.7. The lowest BCUT2D eigenvalue weighted by atomic mass is 9.49. The van der Waals surface area contributed by atoms with E-state index in [1.807, 2.05) is 0 Å². The van der Waals surface area contributed by atoms with Crippen molar-refractivity contribution < 1.29 is 15.1 Å². The predicted molar refractivity (Wildman–Crippen MR) is 85.8 cm³/mol. The molecule has 1 amide bonds. The molecule has 0 bridgehead atoms. The molecule has 1 heterocycles. The van der Waals surface area contributed by atoms with Crippen LogP contribution in [0, 0.1) is 28.6 Å². The Morgan fingerprint density at radius 1 is 1.30 bits per heavy atom. The number of oxime groups is 1. The lowest BCUT2D eigenvalue weighted by Gasteiger charge is -2.57. The summed E-state index contributed by atoms with van der Waals surface area (Å²) in [5.41, 5.74) is 1.55. The largest absolute Gasteiger partial charge is 0.411 e. The summed E-state index contributed by atoms with van der Waals surface area (Å²) in [5.74, 6) is 1.12. The molecule has 3 aliphatic carbocycles. The smallest absolute Gasteiger partial charge is 0.224 e. The Morgan fingerprint density at radius 2 is 2.09 bits per heavy atom. The number of hydrogen-bond donors (Lipinski definition) is 3. The van der Waals surface area contributed by atoms with E-state index in [0.717, 1.165) is 37.1 Å². The number of carbonyl (C=O) groups is 1. The molecule has 4 aliphatic rings. The fourth-order valence-corrected chi connectivity index (χ4v) is 6.28. The van der Waals surface area contributed by atoms with E-state index in [0.29, 0.717) is 24.7 Å². The molecular weight excluding hydrogens is 292 g/mol. The molecule has 3 fully saturated rings. The van der Waals surface area contributed by atoms with Crippen molar-refractivity contribution in [1.82, 2.24) is 5.32 Å². The quantitative estimate of drug-likeness (QED) is 0.474. The highest BCUT2D eigenvalue weighted by Crippen LogP contribution is 2.62. The Morgan fingerprint density at radius 3 is 2.83 bits per heavy atom. The summed E-state index contributed by atoms with van der Waals surface area (Å²) in [5, 5.41) is 27.0. The third-order valence-corrected chi connectivity index (χ3v) is 7.41. The van der Waals surface area contributed by atoms with Crippen molar-refractivity contribution in [2.75, 3.05) is 0 Å². The SMILES string of the molecule is C[C@]12CCC(=O)NC1=CCC1C2[C@@H](O)C[C@]2(C)C(=NO)CCC12. The molecule has 0 aromatic carbocycles. The molecule has 4 rings (SSSR count). The number of aliphatic hydroxyl groups excluding tert-OH is 1. The molecule has 2 saturated carbocycles. The van der Waals surface area contributed by atoms with Gasteiger partial charge in [-0.1, -0.05) is 25.1 Å². The highest BCUT2D eigenvalue weighted by atomic mass is 16.4. The molecule has 6 atom stereocenters. The maximum atomic E-state index is 11.8. The topological polar surface area (TPSA) is 81.9 Å². The van der Waals surface area contributed by atoms with Crippen LogP contribution in [0.3, 0.4) is 0 Å². The zero-order valence-electron chi connectivity index (χ0n) is 13.9. The Bertz CT molecular complexity index is 613. The fraction of sp³-hybridized carbons (Fsp3) is 0.778. The van der Waals surface area contributed by atoms with Gasteiger partial charge in [0, 0.05) is 22.9 Å². The maximum absolute atomic E-state index is 11.8. The molecule has 1 aliphatic heterocycles. The van der Waals surface area contributed by atoms with Crippen molar-refractivity contribution >= 4 is 11.6 Å². The van der Waals surface area contributed by atoms with Crippen molar-refractivity contribution in [3.63, 3.8) is 0 Å². The lowest BCUT2D eigenvalue weighted by molar-refractivity contribution is -0.129. The summed E-state index contributed by atoms with van der Waals surface area (Å²) in [6, 6.07) is 0. The van der Waals surface area contributed by atoms with E-state index in [-0.39, 0.29) is 22.7 Å². The van der Waals surface area contributed by atoms with Crippen LogP contribution >= 0.6 is 0 Å². The number of nitrogens with zero attached hydrogens (tertiary/aromatic N) is 1. The fourth-order valence-electron chi connectivity index (χ4n) is 6.28. The Hall–Kier alpha value is -1.36. The van der Waals surface area contributed by atoms with Crippen LogP contribution in [0.15, 0.2) is 16.9 Å².